The zero-order valence-corrected chi connectivity index (χ0v) is 9.54. The van der Waals surface area contributed by atoms with Crippen molar-refractivity contribution in [2.45, 2.75) is 0 Å². The van der Waals surface area contributed by atoms with Crippen LogP contribution in [0.4, 0.5) is 5.69 Å². The molecule has 0 atom stereocenters. The Morgan fingerprint density at radius 1 is 1.17 bits per heavy atom. The zero-order valence-electron chi connectivity index (χ0n) is 9.54. The SMILES string of the molecule is N#Cc1cccn1-c1ccc(N)c2cnccc12. The summed E-state index contributed by atoms with van der Waals surface area (Å²) in [6.07, 6.45) is 5.33. The van der Waals surface area contributed by atoms with Gasteiger partial charge in [-0.2, -0.15) is 5.26 Å². The van der Waals surface area contributed by atoms with Crippen LogP contribution in [0.1, 0.15) is 5.69 Å². The number of fused-ring (bicyclic) bond motifs is 1. The summed E-state index contributed by atoms with van der Waals surface area (Å²) in [7, 11) is 0. The first-order valence-corrected chi connectivity index (χ1v) is 5.51. The molecule has 1 aromatic carbocycles. The second-order valence-corrected chi connectivity index (χ2v) is 3.97. The number of nitriles is 1. The molecular weight excluding hydrogens is 224 g/mol. The van der Waals surface area contributed by atoms with E-state index in [1.54, 1.807) is 18.5 Å². The third kappa shape index (κ3) is 1.42. The summed E-state index contributed by atoms with van der Waals surface area (Å²) in [6.45, 7) is 0. The maximum atomic E-state index is 9.09. The number of nitrogens with zero attached hydrogens (tertiary/aromatic N) is 3. The Labute approximate surface area is 104 Å². The van der Waals surface area contributed by atoms with Crippen LogP contribution in [-0.2, 0) is 0 Å². The number of aromatic nitrogens is 2. The monoisotopic (exact) mass is 234 g/mol. The van der Waals surface area contributed by atoms with Crippen molar-refractivity contribution in [3.8, 4) is 11.8 Å². The zero-order chi connectivity index (χ0) is 12.5. The summed E-state index contributed by atoms with van der Waals surface area (Å²) < 4.78 is 1.85. The van der Waals surface area contributed by atoms with Crippen molar-refractivity contribution >= 4 is 16.5 Å². The fraction of sp³-hybridized carbons (Fsp3) is 0. The maximum absolute atomic E-state index is 9.09. The van der Waals surface area contributed by atoms with Gasteiger partial charge >= 0.3 is 0 Å². The van der Waals surface area contributed by atoms with Gasteiger partial charge in [-0.15, -0.1) is 0 Å². The van der Waals surface area contributed by atoms with E-state index in [1.165, 1.54) is 0 Å². The normalized spacial score (nSPS) is 10.4. The van der Waals surface area contributed by atoms with Crippen molar-refractivity contribution in [3.05, 3.63) is 54.6 Å². The number of hydrogen-bond donors (Lipinski definition) is 1. The first-order valence-electron chi connectivity index (χ1n) is 5.51. The minimum Gasteiger partial charge on any atom is -0.398 e. The van der Waals surface area contributed by atoms with Gasteiger partial charge in [0.15, 0.2) is 0 Å². The predicted octanol–water partition coefficient (Wildman–Crippen LogP) is 2.48. The number of nitrogen functional groups attached to an aromatic ring is 1. The van der Waals surface area contributed by atoms with Gasteiger partial charge in [0.2, 0.25) is 0 Å². The highest BCUT2D eigenvalue weighted by atomic mass is 15.0. The first kappa shape index (κ1) is 10.4. The molecule has 2 heterocycles. The smallest absolute Gasteiger partial charge is 0.124 e. The maximum Gasteiger partial charge on any atom is 0.124 e. The highest BCUT2D eigenvalue weighted by molar-refractivity contribution is 5.97. The van der Waals surface area contributed by atoms with Crippen LogP contribution in [0.15, 0.2) is 48.9 Å². The molecule has 4 heteroatoms. The van der Waals surface area contributed by atoms with Crippen LogP contribution in [0.2, 0.25) is 0 Å². The van der Waals surface area contributed by atoms with E-state index >= 15 is 0 Å². The predicted molar refractivity (Wildman–Crippen MR) is 70.2 cm³/mol. The second kappa shape index (κ2) is 3.90. The molecule has 0 aliphatic carbocycles. The number of anilines is 1. The molecule has 0 radical (unpaired) electrons. The van der Waals surface area contributed by atoms with Crippen LogP contribution < -0.4 is 5.73 Å². The van der Waals surface area contributed by atoms with Gasteiger partial charge in [0.25, 0.3) is 0 Å². The van der Waals surface area contributed by atoms with Gasteiger partial charge in [0.1, 0.15) is 11.8 Å². The quantitative estimate of drug-likeness (QED) is 0.658. The van der Waals surface area contributed by atoms with Crippen LogP contribution >= 0.6 is 0 Å². The van der Waals surface area contributed by atoms with E-state index in [1.807, 2.05) is 35.0 Å². The van der Waals surface area contributed by atoms with E-state index in [2.05, 4.69) is 11.1 Å². The lowest BCUT2D eigenvalue weighted by atomic mass is 10.1. The molecule has 0 unspecified atom stereocenters. The molecule has 0 aliphatic heterocycles. The van der Waals surface area contributed by atoms with Crippen LogP contribution in [0.5, 0.6) is 0 Å². The molecule has 0 saturated carbocycles. The number of pyridine rings is 1. The summed E-state index contributed by atoms with van der Waals surface area (Å²) in [6, 6.07) is 11.5. The van der Waals surface area contributed by atoms with E-state index in [4.69, 9.17) is 11.0 Å². The second-order valence-electron chi connectivity index (χ2n) is 3.97. The topological polar surface area (TPSA) is 67.6 Å². The molecule has 0 fully saturated rings. The van der Waals surface area contributed by atoms with Crippen LogP contribution in [0, 0.1) is 11.3 Å². The lowest BCUT2D eigenvalue weighted by molar-refractivity contribution is 1.06. The Bertz CT molecular complexity index is 765. The summed E-state index contributed by atoms with van der Waals surface area (Å²) in [4.78, 5) is 4.08. The minimum atomic E-state index is 0.595. The van der Waals surface area contributed by atoms with E-state index in [0.29, 0.717) is 11.4 Å². The molecule has 2 aromatic heterocycles. The molecule has 3 rings (SSSR count). The molecule has 4 nitrogen and oxygen atoms in total. The van der Waals surface area contributed by atoms with Gasteiger partial charge in [-0.05, 0) is 30.3 Å². The van der Waals surface area contributed by atoms with Gasteiger partial charge in [-0.25, -0.2) is 0 Å². The highest BCUT2D eigenvalue weighted by Crippen LogP contribution is 2.27. The van der Waals surface area contributed by atoms with Crippen molar-refractivity contribution in [2.24, 2.45) is 0 Å². The summed E-state index contributed by atoms with van der Waals surface area (Å²) >= 11 is 0. The lowest BCUT2D eigenvalue weighted by Gasteiger charge is -2.10. The van der Waals surface area contributed by atoms with Crippen molar-refractivity contribution < 1.29 is 0 Å². The first-order chi connectivity index (χ1) is 8.81. The standard InChI is InChI=1S/C14H10N4/c15-8-10-2-1-7-18(10)14-4-3-13(16)12-9-17-6-5-11(12)14/h1-7,9H,16H2. The van der Waals surface area contributed by atoms with Gasteiger partial charge < -0.3 is 10.3 Å². The van der Waals surface area contributed by atoms with Crippen molar-refractivity contribution in [1.82, 2.24) is 9.55 Å². The molecule has 0 aliphatic rings. The molecule has 86 valence electrons. The average Bonchev–Trinajstić information content (AvgIpc) is 2.88. The average molecular weight is 234 g/mol. The van der Waals surface area contributed by atoms with E-state index < -0.39 is 0 Å². The van der Waals surface area contributed by atoms with Crippen molar-refractivity contribution in [1.29, 1.82) is 5.26 Å². The largest absolute Gasteiger partial charge is 0.398 e. The van der Waals surface area contributed by atoms with E-state index in [0.717, 1.165) is 16.5 Å². The van der Waals surface area contributed by atoms with Gasteiger partial charge in [-0.1, -0.05) is 0 Å². The summed E-state index contributed by atoms with van der Waals surface area (Å²) in [5, 5.41) is 11.0. The molecule has 0 bridgehead atoms. The van der Waals surface area contributed by atoms with Crippen LogP contribution in [0.3, 0.4) is 0 Å². The summed E-state index contributed by atoms with van der Waals surface area (Å²) in [5.74, 6) is 0. The van der Waals surface area contributed by atoms with E-state index in [-0.39, 0.29) is 0 Å². The Balaban J connectivity index is 2.38. The number of hydrogen-bond acceptors (Lipinski definition) is 3. The fourth-order valence-corrected chi connectivity index (χ4v) is 2.09. The number of benzene rings is 1. The summed E-state index contributed by atoms with van der Waals surface area (Å²) in [5.41, 5.74) is 8.15. The fourth-order valence-electron chi connectivity index (χ4n) is 2.09. The number of nitrogens with two attached hydrogens (primary N) is 1. The van der Waals surface area contributed by atoms with Gasteiger partial charge in [0, 0.05) is 35.1 Å². The van der Waals surface area contributed by atoms with E-state index in [9.17, 15) is 0 Å². The van der Waals surface area contributed by atoms with Gasteiger partial charge in [0.05, 0.1) is 5.69 Å². The highest BCUT2D eigenvalue weighted by Gasteiger charge is 2.08. The van der Waals surface area contributed by atoms with Crippen molar-refractivity contribution in [2.75, 3.05) is 5.73 Å². The van der Waals surface area contributed by atoms with Crippen LogP contribution in [-0.4, -0.2) is 9.55 Å². The molecular formula is C14H10N4. The number of rotatable bonds is 1. The molecule has 3 aromatic rings. The molecule has 0 saturated heterocycles. The Morgan fingerprint density at radius 3 is 2.89 bits per heavy atom. The molecule has 0 spiro atoms. The Morgan fingerprint density at radius 2 is 2.06 bits per heavy atom. The van der Waals surface area contributed by atoms with Crippen molar-refractivity contribution in [3.63, 3.8) is 0 Å². The minimum absolute atomic E-state index is 0.595. The third-order valence-electron chi connectivity index (χ3n) is 2.95. The molecule has 18 heavy (non-hydrogen) atoms. The third-order valence-corrected chi connectivity index (χ3v) is 2.95. The molecule has 2 N–H and O–H groups in total. The van der Waals surface area contributed by atoms with Crippen LogP contribution in [0.25, 0.3) is 16.5 Å². The van der Waals surface area contributed by atoms with Gasteiger partial charge in [-0.3, -0.25) is 4.98 Å². The Hall–Kier alpha value is -2.80. The molecule has 0 amide bonds. The Kier molecular flexibility index (Phi) is 2.24. The lowest BCUT2D eigenvalue weighted by Crippen LogP contribution is -1.98.